The first-order chi connectivity index (χ1) is 13.0. The van der Waals surface area contributed by atoms with Gasteiger partial charge in [-0.25, -0.2) is 0 Å². The van der Waals surface area contributed by atoms with Crippen molar-refractivity contribution in [1.29, 1.82) is 0 Å². The summed E-state index contributed by atoms with van der Waals surface area (Å²) in [4.78, 5) is 0. The molecule has 0 amide bonds. The second-order valence-electron chi connectivity index (χ2n) is 8.78. The minimum Gasteiger partial charge on any atom is -0.325 e. The molecule has 2 aromatic rings. The van der Waals surface area contributed by atoms with Gasteiger partial charge in [-0.15, -0.1) is 0 Å². The molecule has 0 unspecified atom stereocenters. The predicted molar refractivity (Wildman–Crippen MR) is 119 cm³/mol. The zero-order valence-electron chi connectivity index (χ0n) is 17.7. The summed E-state index contributed by atoms with van der Waals surface area (Å²) < 4.78 is 0. The van der Waals surface area contributed by atoms with E-state index in [1.165, 1.54) is 56.1 Å². The molecular formula is C26H39N. The van der Waals surface area contributed by atoms with Crippen molar-refractivity contribution < 1.29 is 0 Å². The molecule has 0 heterocycles. The van der Waals surface area contributed by atoms with Crippen LogP contribution in [0.4, 0.5) is 0 Å². The van der Waals surface area contributed by atoms with E-state index < -0.39 is 0 Å². The van der Waals surface area contributed by atoms with E-state index in [4.69, 9.17) is 5.73 Å². The van der Waals surface area contributed by atoms with Gasteiger partial charge in [-0.2, -0.15) is 0 Å². The van der Waals surface area contributed by atoms with Gasteiger partial charge in [-0.3, -0.25) is 0 Å². The first-order valence-electron chi connectivity index (χ1n) is 10.8. The van der Waals surface area contributed by atoms with E-state index >= 15 is 0 Å². The molecule has 0 radical (unpaired) electrons. The minimum absolute atomic E-state index is 0.173. The predicted octanol–water partition coefficient (Wildman–Crippen LogP) is 6.95. The van der Waals surface area contributed by atoms with Gasteiger partial charge in [0.05, 0.1) is 0 Å². The summed E-state index contributed by atoms with van der Waals surface area (Å²) >= 11 is 0. The molecule has 0 aliphatic carbocycles. The Morgan fingerprint density at radius 1 is 0.667 bits per heavy atom. The van der Waals surface area contributed by atoms with Gasteiger partial charge in [0.15, 0.2) is 0 Å². The summed E-state index contributed by atoms with van der Waals surface area (Å²) in [5.74, 6) is 0. The quantitative estimate of drug-likeness (QED) is 0.405. The van der Waals surface area contributed by atoms with Crippen LogP contribution in [0.1, 0.15) is 76.8 Å². The third-order valence-electron chi connectivity index (χ3n) is 6.35. The third kappa shape index (κ3) is 6.81. The molecule has 2 aromatic carbocycles. The molecule has 2 N–H and O–H groups in total. The van der Waals surface area contributed by atoms with Gasteiger partial charge in [0.25, 0.3) is 0 Å². The Balaban J connectivity index is 2.15. The summed E-state index contributed by atoms with van der Waals surface area (Å²) in [7, 11) is 0. The van der Waals surface area contributed by atoms with Crippen molar-refractivity contribution in [3.8, 4) is 0 Å². The number of aryl methyl sites for hydroxylation is 2. The van der Waals surface area contributed by atoms with Crippen molar-refractivity contribution in [2.45, 2.75) is 84.1 Å². The van der Waals surface area contributed by atoms with Crippen LogP contribution in [0.25, 0.3) is 0 Å². The Hall–Kier alpha value is -1.60. The van der Waals surface area contributed by atoms with Crippen molar-refractivity contribution >= 4 is 0 Å². The normalized spacial score (nSPS) is 12.3. The molecular weight excluding hydrogens is 326 g/mol. The van der Waals surface area contributed by atoms with Crippen molar-refractivity contribution in [1.82, 2.24) is 0 Å². The topological polar surface area (TPSA) is 26.0 Å². The lowest BCUT2D eigenvalue weighted by Gasteiger charge is -2.46. The van der Waals surface area contributed by atoms with Crippen LogP contribution in [0.5, 0.6) is 0 Å². The molecule has 1 heteroatoms. The van der Waals surface area contributed by atoms with Gasteiger partial charge in [0.1, 0.15) is 0 Å². The molecule has 0 aliphatic rings. The van der Waals surface area contributed by atoms with Gasteiger partial charge in [-0.05, 0) is 62.5 Å². The first kappa shape index (κ1) is 21.7. The minimum atomic E-state index is -0.178. The second-order valence-corrected chi connectivity index (χ2v) is 8.78. The summed E-state index contributed by atoms with van der Waals surface area (Å²) in [5.41, 5.74) is 9.71. The van der Waals surface area contributed by atoms with Gasteiger partial charge in [0.2, 0.25) is 0 Å². The fraction of sp³-hybridized carbons (Fsp3) is 0.538. The highest BCUT2D eigenvalue weighted by molar-refractivity contribution is 5.17. The standard InChI is InChI=1S/C26H39N/c1-4-5-6-13-20-26(25(2,3)27,21-18-23-14-9-7-10-15-23)22-19-24-16-11-8-12-17-24/h7-12,14-17H,4-6,13,18-22,27H2,1-3H3. The number of hydrogen-bond donors (Lipinski definition) is 1. The van der Waals surface area contributed by atoms with E-state index in [0.717, 1.165) is 12.8 Å². The van der Waals surface area contributed by atoms with Gasteiger partial charge < -0.3 is 5.73 Å². The fourth-order valence-corrected chi connectivity index (χ4v) is 4.29. The Kier molecular flexibility index (Phi) is 8.57. The van der Waals surface area contributed by atoms with Crippen LogP contribution < -0.4 is 5.73 Å². The molecule has 0 atom stereocenters. The maximum atomic E-state index is 6.86. The van der Waals surface area contributed by atoms with Crippen molar-refractivity contribution in [3.05, 3.63) is 71.8 Å². The van der Waals surface area contributed by atoms with E-state index in [2.05, 4.69) is 81.4 Å². The Bertz CT molecular complexity index is 581. The van der Waals surface area contributed by atoms with Crippen LogP contribution >= 0.6 is 0 Å². The first-order valence-corrected chi connectivity index (χ1v) is 10.8. The molecule has 27 heavy (non-hydrogen) atoms. The highest BCUT2D eigenvalue weighted by Gasteiger charge is 2.40. The Morgan fingerprint density at radius 2 is 1.15 bits per heavy atom. The van der Waals surface area contributed by atoms with Crippen LogP contribution in [0.2, 0.25) is 0 Å². The van der Waals surface area contributed by atoms with Crippen molar-refractivity contribution in [2.75, 3.05) is 0 Å². The maximum Gasteiger partial charge on any atom is 0.0154 e. The molecule has 0 spiro atoms. The third-order valence-corrected chi connectivity index (χ3v) is 6.35. The van der Waals surface area contributed by atoms with Gasteiger partial charge >= 0.3 is 0 Å². The summed E-state index contributed by atoms with van der Waals surface area (Å²) in [5, 5.41) is 0. The van der Waals surface area contributed by atoms with E-state index in [0.29, 0.717) is 0 Å². The Morgan fingerprint density at radius 3 is 1.56 bits per heavy atom. The SMILES string of the molecule is CCCCCCC(CCc1ccccc1)(CCc1ccccc1)C(C)(C)N. The summed E-state index contributed by atoms with van der Waals surface area (Å²) in [6, 6.07) is 21.8. The number of hydrogen-bond acceptors (Lipinski definition) is 1. The molecule has 0 fully saturated rings. The molecule has 0 bridgehead atoms. The monoisotopic (exact) mass is 365 g/mol. The largest absolute Gasteiger partial charge is 0.325 e. The van der Waals surface area contributed by atoms with Gasteiger partial charge in [-0.1, -0.05) is 93.3 Å². The molecule has 0 saturated carbocycles. The lowest BCUT2D eigenvalue weighted by atomic mass is 9.62. The smallest absolute Gasteiger partial charge is 0.0154 e. The van der Waals surface area contributed by atoms with Crippen LogP contribution in [0, 0.1) is 5.41 Å². The van der Waals surface area contributed by atoms with Gasteiger partial charge in [0, 0.05) is 5.54 Å². The van der Waals surface area contributed by atoms with Crippen molar-refractivity contribution in [3.63, 3.8) is 0 Å². The van der Waals surface area contributed by atoms with Crippen LogP contribution in [-0.2, 0) is 12.8 Å². The molecule has 0 saturated heterocycles. The second kappa shape index (κ2) is 10.7. The molecule has 2 rings (SSSR count). The number of nitrogens with two attached hydrogens (primary N) is 1. The zero-order chi connectivity index (χ0) is 19.6. The van der Waals surface area contributed by atoms with E-state index in [-0.39, 0.29) is 11.0 Å². The summed E-state index contributed by atoms with van der Waals surface area (Å²) in [6.45, 7) is 6.79. The Labute approximate surface area is 167 Å². The maximum absolute atomic E-state index is 6.86. The number of unbranched alkanes of at least 4 members (excludes halogenated alkanes) is 3. The lowest BCUT2D eigenvalue weighted by molar-refractivity contribution is 0.103. The van der Waals surface area contributed by atoms with Crippen molar-refractivity contribution in [2.24, 2.45) is 11.1 Å². The average Bonchev–Trinajstić information content (AvgIpc) is 2.67. The number of benzene rings is 2. The van der Waals surface area contributed by atoms with E-state index in [1.807, 2.05) is 0 Å². The lowest BCUT2D eigenvalue weighted by Crippen LogP contribution is -2.51. The average molecular weight is 366 g/mol. The molecule has 148 valence electrons. The number of rotatable bonds is 12. The van der Waals surface area contributed by atoms with E-state index in [9.17, 15) is 0 Å². The van der Waals surface area contributed by atoms with Crippen LogP contribution in [0.15, 0.2) is 60.7 Å². The van der Waals surface area contributed by atoms with Crippen LogP contribution in [-0.4, -0.2) is 5.54 Å². The van der Waals surface area contributed by atoms with Crippen LogP contribution in [0.3, 0.4) is 0 Å². The highest BCUT2D eigenvalue weighted by atomic mass is 14.8. The highest BCUT2D eigenvalue weighted by Crippen LogP contribution is 2.44. The molecule has 0 aliphatic heterocycles. The molecule has 1 nitrogen and oxygen atoms in total. The van der Waals surface area contributed by atoms with E-state index in [1.54, 1.807) is 0 Å². The zero-order valence-corrected chi connectivity index (χ0v) is 17.7. The fourth-order valence-electron chi connectivity index (χ4n) is 4.29. The molecule has 0 aromatic heterocycles. The summed E-state index contributed by atoms with van der Waals surface area (Å²) in [6.07, 6.45) is 11.0.